The van der Waals surface area contributed by atoms with Gasteiger partial charge in [-0.15, -0.1) is 0 Å². The van der Waals surface area contributed by atoms with Gasteiger partial charge in [0, 0.05) is 24.2 Å². The molecule has 2 rings (SSSR count). The molecule has 0 atom stereocenters. The molecule has 0 saturated carbocycles. The minimum atomic E-state index is -0.0116. The summed E-state index contributed by atoms with van der Waals surface area (Å²) in [5, 5.41) is 9.16. The third-order valence-corrected chi connectivity index (χ3v) is 3.06. The fraction of sp³-hybridized carbons (Fsp3) is 0.500. The highest BCUT2D eigenvalue weighted by Crippen LogP contribution is 2.26. The molecule has 0 bridgehead atoms. The van der Waals surface area contributed by atoms with Crippen LogP contribution in [0.15, 0.2) is 12.4 Å². The second kappa shape index (κ2) is 4.31. The Balaban J connectivity index is 2.38. The summed E-state index contributed by atoms with van der Waals surface area (Å²) < 4.78 is 3.51. The molecule has 6 heteroatoms. The monoisotopic (exact) mass is 267 g/mol. The summed E-state index contributed by atoms with van der Waals surface area (Å²) in [5.74, 6) is 0.486. The van der Waals surface area contributed by atoms with E-state index in [1.54, 1.807) is 10.9 Å². The molecule has 0 aromatic carbocycles. The molecule has 2 N–H and O–H groups in total. The molecule has 0 fully saturated rings. The minimum Gasteiger partial charge on any atom is -0.383 e. The third kappa shape index (κ3) is 2.36. The number of aryl methyl sites for hydroxylation is 1. The molecule has 5 nitrogen and oxygen atoms in total. The lowest BCUT2D eigenvalue weighted by Gasteiger charge is -2.17. The van der Waals surface area contributed by atoms with E-state index >= 15 is 0 Å². The predicted molar refractivity (Wildman–Crippen MR) is 72.7 cm³/mol. The maximum Gasteiger partial charge on any atom is 0.140 e. The summed E-state index contributed by atoms with van der Waals surface area (Å²) in [4.78, 5) is 0. The first kappa shape index (κ1) is 13.0. The molecule has 18 heavy (non-hydrogen) atoms. The molecule has 0 aliphatic rings. The van der Waals surface area contributed by atoms with Gasteiger partial charge in [-0.05, 0) is 0 Å². The Morgan fingerprint density at radius 2 is 2.06 bits per heavy atom. The van der Waals surface area contributed by atoms with Crippen molar-refractivity contribution in [3.8, 4) is 0 Å². The normalized spacial score (nSPS) is 12.1. The SMILES string of the molecule is Cn1cc(Cn2ncc(Cl)c2N)c(C(C)(C)C)n1. The summed E-state index contributed by atoms with van der Waals surface area (Å²) >= 11 is 5.90. The van der Waals surface area contributed by atoms with Crippen LogP contribution in [-0.2, 0) is 19.0 Å². The largest absolute Gasteiger partial charge is 0.383 e. The van der Waals surface area contributed by atoms with Crippen LogP contribution < -0.4 is 5.73 Å². The first-order valence-corrected chi connectivity index (χ1v) is 6.16. The topological polar surface area (TPSA) is 61.7 Å². The van der Waals surface area contributed by atoms with Crippen LogP contribution in [0.25, 0.3) is 0 Å². The van der Waals surface area contributed by atoms with Crippen LogP contribution in [0, 0.1) is 0 Å². The number of nitrogen functional groups attached to an aromatic ring is 1. The third-order valence-electron chi connectivity index (χ3n) is 2.77. The molecule has 0 aliphatic carbocycles. The first-order valence-electron chi connectivity index (χ1n) is 5.79. The average Bonchev–Trinajstić information content (AvgIpc) is 2.76. The molecule has 0 saturated heterocycles. The Labute approximate surface area is 112 Å². The molecule has 0 aliphatic heterocycles. The summed E-state index contributed by atoms with van der Waals surface area (Å²) in [6.07, 6.45) is 3.56. The molecule has 2 heterocycles. The lowest BCUT2D eigenvalue weighted by molar-refractivity contribution is 0.543. The van der Waals surface area contributed by atoms with Crippen molar-refractivity contribution in [2.24, 2.45) is 7.05 Å². The van der Waals surface area contributed by atoms with Gasteiger partial charge in [0.15, 0.2) is 0 Å². The van der Waals surface area contributed by atoms with Crippen molar-refractivity contribution in [2.75, 3.05) is 5.73 Å². The van der Waals surface area contributed by atoms with Crippen LogP contribution in [0.3, 0.4) is 0 Å². The number of aromatic nitrogens is 4. The van der Waals surface area contributed by atoms with Gasteiger partial charge >= 0.3 is 0 Å². The van der Waals surface area contributed by atoms with Crippen LogP contribution in [0.5, 0.6) is 0 Å². The standard InChI is InChI=1S/C12H18ClN5/c1-12(2,3)10-8(6-17(4)16-10)7-18-11(14)9(13)5-15-18/h5-6H,7,14H2,1-4H3. The number of anilines is 1. The van der Waals surface area contributed by atoms with Crippen LogP contribution in [0.1, 0.15) is 32.0 Å². The van der Waals surface area contributed by atoms with Crippen molar-refractivity contribution in [3.05, 3.63) is 28.7 Å². The second-order valence-corrected chi connectivity index (χ2v) is 5.87. The van der Waals surface area contributed by atoms with Gasteiger partial charge in [0.05, 0.1) is 18.4 Å². The van der Waals surface area contributed by atoms with E-state index in [4.69, 9.17) is 17.3 Å². The highest BCUT2D eigenvalue weighted by atomic mass is 35.5. The van der Waals surface area contributed by atoms with E-state index in [2.05, 4.69) is 31.0 Å². The van der Waals surface area contributed by atoms with Crippen molar-refractivity contribution in [1.82, 2.24) is 19.6 Å². The fourth-order valence-corrected chi connectivity index (χ4v) is 2.09. The van der Waals surface area contributed by atoms with Crippen molar-refractivity contribution < 1.29 is 0 Å². The number of nitrogens with two attached hydrogens (primary N) is 1. The Bertz CT molecular complexity index is 562. The summed E-state index contributed by atoms with van der Waals surface area (Å²) in [5.41, 5.74) is 8.01. The summed E-state index contributed by atoms with van der Waals surface area (Å²) in [6, 6.07) is 0. The lowest BCUT2D eigenvalue weighted by atomic mass is 9.89. The van der Waals surface area contributed by atoms with Crippen molar-refractivity contribution in [1.29, 1.82) is 0 Å². The lowest BCUT2D eigenvalue weighted by Crippen LogP contribution is -2.16. The Morgan fingerprint density at radius 1 is 1.39 bits per heavy atom. The molecule has 98 valence electrons. The molecule has 0 spiro atoms. The van der Waals surface area contributed by atoms with Gasteiger partial charge in [0.2, 0.25) is 0 Å². The molecule has 0 amide bonds. The van der Waals surface area contributed by atoms with Gasteiger partial charge in [0.25, 0.3) is 0 Å². The van der Waals surface area contributed by atoms with Crippen LogP contribution in [0.2, 0.25) is 5.02 Å². The molecular weight excluding hydrogens is 250 g/mol. The van der Waals surface area contributed by atoms with Crippen LogP contribution in [-0.4, -0.2) is 19.6 Å². The maximum absolute atomic E-state index is 5.90. The quantitative estimate of drug-likeness (QED) is 0.907. The number of hydrogen-bond donors (Lipinski definition) is 1. The van der Waals surface area contributed by atoms with E-state index in [0.29, 0.717) is 17.4 Å². The molecule has 0 unspecified atom stereocenters. The summed E-state index contributed by atoms with van der Waals surface area (Å²) in [6.45, 7) is 6.99. The Hall–Kier alpha value is -1.49. The highest BCUT2D eigenvalue weighted by molar-refractivity contribution is 6.32. The van der Waals surface area contributed by atoms with Gasteiger partial charge in [-0.3, -0.25) is 4.68 Å². The Kier molecular flexibility index (Phi) is 3.11. The van der Waals surface area contributed by atoms with E-state index < -0.39 is 0 Å². The van der Waals surface area contributed by atoms with Crippen molar-refractivity contribution in [3.63, 3.8) is 0 Å². The maximum atomic E-state index is 5.90. The summed E-state index contributed by atoms with van der Waals surface area (Å²) in [7, 11) is 1.91. The average molecular weight is 268 g/mol. The fourth-order valence-electron chi connectivity index (χ4n) is 1.94. The van der Waals surface area contributed by atoms with Crippen LogP contribution in [0.4, 0.5) is 5.82 Å². The first-order chi connectivity index (χ1) is 8.29. The smallest absolute Gasteiger partial charge is 0.140 e. The zero-order chi connectivity index (χ0) is 13.5. The second-order valence-electron chi connectivity index (χ2n) is 5.46. The zero-order valence-corrected chi connectivity index (χ0v) is 11.9. The molecular formula is C12H18ClN5. The van der Waals surface area contributed by atoms with Crippen molar-refractivity contribution in [2.45, 2.75) is 32.7 Å². The number of halogens is 1. The minimum absolute atomic E-state index is 0.0116. The van der Waals surface area contributed by atoms with Gasteiger partial charge in [0.1, 0.15) is 10.8 Å². The van der Waals surface area contributed by atoms with E-state index in [-0.39, 0.29) is 5.41 Å². The molecule has 2 aromatic heterocycles. The number of nitrogens with zero attached hydrogens (tertiary/aromatic N) is 4. The predicted octanol–water partition coefficient (Wildman–Crippen LogP) is 2.20. The van der Waals surface area contributed by atoms with Gasteiger partial charge in [-0.25, -0.2) is 4.68 Å². The zero-order valence-electron chi connectivity index (χ0n) is 11.1. The highest BCUT2D eigenvalue weighted by Gasteiger charge is 2.22. The van der Waals surface area contributed by atoms with E-state index in [9.17, 15) is 0 Å². The Morgan fingerprint density at radius 3 is 2.56 bits per heavy atom. The van der Waals surface area contributed by atoms with E-state index in [1.807, 2.05) is 17.9 Å². The van der Waals surface area contributed by atoms with Gasteiger partial charge in [-0.2, -0.15) is 10.2 Å². The van der Waals surface area contributed by atoms with Crippen molar-refractivity contribution >= 4 is 17.4 Å². The van der Waals surface area contributed by atoms with Gasteiger partial charge in [-0.1, -0.05) is 32.4 Å². The van der Waals surface area contributed by atoms with Gasteiger partial charge < -0.3 is 5.73 Å². The van der Waals surface area contributed by atoms with Crippen LogP contribution >= 0.6 is 11.6 Å². The number of rotatable bonds is 2. The molecule has 2 aromatic rings. The number of hydrogen-bond acceptors (Lipinski definition) is 3. The van der Waals surface area contributed by atoms with E-state index in [0.717, 1.165) is 11.3 Å². The molecule has 0 radical (unpaired) electrons. The van der Waals surface area contributed by atoms with E-state index in [1.165, 1.54) is 0 Å².